The molecule has 1 fully saturated rings. The number of nitrogens with zero attached hydrogens (tertiary/aromatic N) is 1. The largest absolute Gasteiger partial charge is 0.494 e. The highest BCUT2D eigenvalue weighted by Crippen LogP contribution is 2.27. The number of ether oxygens (including phenoxy) is 1. The molecule has 0 aliphatic carbocycles. The second kappa shape index (κ2) is 6.49. The average molecular weight is 333 g/mol. The SMILES string of the molecule is CCOc1ccc2cc(S(=O)(=O)N3CCCC(C)C3)ccc2c1. The maximum Gasteiger partial charge on any atom is 0.243 e. The van der Waals surface area contributed by atoms with E-state index in [1.54, 1.807) is 16.4 Å². The van der Waals surface area contributed by atoms with E-state index in [0.717, 1.165) is 29.4 Å². The Morgan fingerprint density at radius 3 is 2.65 bits per heavy atom. The number of hydrogen-bond acceptors (Lipinski definition) is 3. The van der Waals surface area contributed by atoms with Gasteiger partial charge >= 0.3 is 0 Å². The summed E-state index contributed by atoms with van der Waals surface area (Å²) in [6, 6.07) is 11.1. The van der Waals surface area contributed by atoms with Gasteiger partial charge < -0.3 is 4.74 Å². The minimum atomic E-state index is -3.40. The molecular weight excluding hydrogens is 310 g/mol. The predicted octanol–water partition coefficient (Wildman–Crippen LogP) is 3.66. The van der Waals surface area contributed by atoms with Crippen molar-refractivity contribution < 1.29 is 13.2 Å². The highest BCUT2D eigenvalue weighted by molar-refractivity contribution is 7.89. The Balaban J connectivity index is 1.94. The highest BCUT2D eigenvalue weighted by Gasteiger charge is 2.28. The molecule has 4 nitrogen and oxygen atoms in total. The first-order valence-corrected chi connectivity index (χ1v) is 9.61. The second-order valence-corrected chi connectivity index (χ2v) is 8.15. The molecule has 0 spiro atoms. The molecule has 23 heavy (non-hydrogen) atoms. The fourth-order valence-corrected chi connectivity index (χ4v) is 4.77. The van der Waals surface area contributed by atoms with Gasteiger partial charge in [-0.25, -0.2) is 8.42 Å². The molecule has 0 bridgehead atoms. The van der Waals surface area contributed by atoms with Gasteiger partial charge in [-0.1, -0.05) is 19.1 Å². The molecule has 1 saturated heterocycles. The molecule has 0 saturated carbocycles. The lowest BCUT2D eigenvalue weighted by molar-refractivity contribution is 0.281. The Kier molecular flexibility index (Phi) is 4.60. The van der Waals surface area contributed by atoms with Crippen LogP contribution in [0, 0.1) is 5.92 Å². The molecule has 0 N–H and O–H groups in total. The van der Waals surface area contributed by atoms with E-state index in [1.165, 1.54) is 0 Å². The van der Waals surface area contributed by atoms with Crippen LogP contribution in [0.4, 0.5) is 0 Å². The standard InChI is InChI=1S/C18H23NO3S/c1-3-22-17-8-6-16-12-18(9-7-15(16)11-17)23(20,21)19-10-4-5-14(2)13-19/h6-9,11-12,14H,3-5,10,13H2,1-2H3. The summed E-state index contributed by atoms with van der Waals surface area (Å²) in [5.74, 6) is 1.23. The van der Waals surface area contributed by atoms with Crippen LogP contribution in [0.1, 0.15) is 26.7 Å². The van der Waals surface area contributed by atoms with Crippen LogP contribution >= 0.6 is 0 Å². The first-order valence-electron chi connectivity index (χ1n) is 8.17. The Morgan fingerprint density at radius 1 is 1.17 bits per heavy atom. The van der Waals surface area contributed by atoms with Crippen LogP contribution < -0.4 is 4.74 Å². The number of benzene rings is 2. The fraction of sp³-hybridized carbons (Fsp3) is 0.444. The predicted molar refractivity (Wildman–Crippen MR) is 92.3 cm³/mol. The number of rotatable bonds is 4. The monoisotopic (exact) mass is 333 g/mol. The van der Waals surface area contributed by atoms with E-state index in [1.807, 2.05) is 31.2 Å². The summed E-state index contributed by atoms with van der Waals surface area (Å²) in [5, 5.41) is 1.90. The first kappa shape index (κ1) is 16.3. The normalized spacial score (nSPS) is 19.8. The number of sulfonamides is 1. The third-order valence-electron chi connectivity index (χ3n) is 4.35. The van der Waals surface area contributed by atoms with Crippen molar-refractivity contribution >= 4 is 20.8 Å². The van der Waals surface area contributed by atoms with Gasteiger partial charge in [0.05, 0.1) is 11.5 Å². The van der Waals surface area contributed by atoms with Gasteiger partial charge in [-0.3, -0.25) is 0 Å². The van der Waals surface area contributed by atoms with Gasteiger partial charge in [0.1, 0.15) is 5.75 Å². The quantitative estimate of drug-likeness (QED) is 0.858. The van der Waals surface area contributed by atoms with Crippen molar-refractivity contribution in [2.24, 2.45) is 5.92 Å². The fourth-order valence-electron chi connectivity index (χ4n) is 3.13. The van der Waals surface area contributed by atoms with Crippen LogP contribution in [-0.4, -0.2) is 32.4 Å². The third kappa shape index (κ3) is 3.35. The number of fused-ring (bicyclic) bond motifs is 1. The molecule has 1 aliphatic rings. The zero-order chi connectivity index (χ0) is 16.4. The summed E-state index contributed by atoms with van der Waals surface area (Å²) in [6.07, 6.45) is 2.04. The van der Waals surface area contributed by atoms with E-state index in [2.05, 4.69) is 6.92 Å². The molecule has 2 aromatic rings. The van der Waals surface area contributed by atoms with Crippen LogP contribution in [0.5, 0.6) is 5.75 Å². The lowest BCUT2D eigenvalue weighted by atomic mass is 10.0. The van der Waals surface area contributed by atoms with Gasteiger partial charge in [0.15, 0.2) is 0 Å². The molecule has 1 heterocycles. The highest BCUT2D eigenvalue weighted by atomic mass is 32.2. The van der Waals surface area contributed by atoms with Gasteiger partial charge in [0.25, 0.3) is 0 Å². The molecule has 0 amide bonds. The van der Waals surface area contributed by atoms with Crippen molar-refractivity contribution in [1.29, 1.82) is 0 Å². The van der Waals surface area contributed by atoms with Crippen LogP contribution in [-0.2, 0) is 10.0 Å². The summed E-state index contributed by atoms with van der Waals surface area (Å²) in [5.41, 5.74) is 0. The smallest absolute Gasteiger partial charge is 0.243 e. The van der Waals surface area contributed by atoms with E-state index in [4.69, 9.17) is 4.74 Å². The summed E-state index contributed by atoms with van der Waals surface area (Å²) in [6.45, 7) is 5.90. The molecule has 3 rings (SSSR count). The zero-order valence-electron chi connectivity index (χ0n) is 13.7. The van der Waals surface area contributed by atoms with E-state index >= 15 is 0 Å². The minimum Gasteiger partial charge on any atom is -0.494 e. The van der Waals surface area contributed by atoms with Crippen molar-refractivity contribution in [3.05, 3.63) is 36.4 Å². The molecule has 5 heteroatoms. The lowest BCUT2D eigenvalue weighted by Gasteiger charge is -2.30. The molecule has 0 radical (unpaired) electrons. The number of piperidine rings is 1. The zero-order valence-corrected chi connectivity index (χ0v) is 14.5. The van der Waals surface area contributed by atoms with Crippen molar-refractivity contribution in [2.45, 2.75) is 31.6 Å². The van der Waals surface area contributed by atoms with Crippen LogP contribution in [0.15, 0.2) is 41.3 Å². The van der Waals surface area contributed by atoms with Gasteiger partial charge in [-0.05, 0) is 60.7 Å². The molecule has 1 unspecified atom stereocenters. The Hall–Kier alpha value is -1.59. The Bertz CT molecular complexity index is 801. The summed E-state index contributed by atoms with van der Waals surface area (Å²) in [7, 11) is -3.40. The maximum atomic E-state index is 12.8. The van der Waals surface area contributed by atoms with E-state index < -0.39 is 10.0 Å². The molecule has 1 atom stereocenters. The van der Waals surface area contributed by atoms with E-state index in [-0.39, 0.29) is 0 Å². The molecule has 124 valence electrons. The van der Waals surface area contributed by atoms with Crippen molar-refractivity contribution in [3.8, 4) is 5.75 Å². The summed E-state index contributed by atoms with van der Waals surface area (Å²) in [4.78, 5) is 0.378. The summed E-state index contributed by atoms with van der Waals surface area (Å²) < 4.78 is 32.8. The summed E-state index contributed by atoms with van der Waals surface area (Å²) >= 11 is 0. The van der Waals surface area contributed by atoms with Gasteiger partial charge in [-0.15, -0.1) is 0 Å². The Labute approximate surface area is 138 Å². The van der Waals surface area contributed by atoms with Crippen LogP contribution in [0.3, 0.4) is 0 Å². The van der Waals surface area contributed by atoms with Crippen LogP contribution in [0.25, 0.3) is 10.8 Å². The maximum absolute atomic E-state index is 12.8. The Morgan fingerprint density at radius 2 is 1.91 bits per heavy atom. The number of hydrogen-bond donors (Lipinski definition) is 0. The molecule has 1 aliphatic heterocycles. The van der Waals surface area contributed by atoms with Crippen LogP contribution in [0.2, 0.25) is 0 Å². The van der Waals surface area contributed by atoms with Gasteiger partial charge in [0.2, 0.25) is 10.0 Å². The van der Waals surface area contributed by atoms with E-state index in [9.17, 15) is 8.42 Å². The van der Waals surface area contributed by atoms with Crippen molar-refractivity contribution in [2.75, 3.05) is 19.7 Å². The van der Waals surface area contributed by atoms with Crippen molar-refractivity contribution in [1.82, 2.24) is 4.31 Å². The molecule has 2 aromatic carbocycles. The lowest BCUT2D eigenvalue weighted by Crippen LogP contribution is -2.39. The minimum absolute atomic E-state index is 0.378. The van der Waals surface area contributed by atoms with E-state index in [0.29, 0.717) is 30.5 Å². The molecule has 0 aromatic heterocycles. The average Bonchev–Trinajstić information content (AvgIpc) is 2.54. The van der Waals surface area contributed by atoms with Crippen molar-refractivity contribution in [3.63, 3.8) is 0 Å². The second-order valence-electron chi connectivity index (χ2n) is 6.21. The first-order chi connectivity index (χ1) is 11.0. The molecular formula is C18H23NO3S. The third-order valence-corrected chi connectivity index (χ3v) is 6.21. The van der Waals surface area contributed by atoms with Gasteiger partial charge in [0, 0.05) is 13.1 Å². The topological polar surface area (TPSA) is 46.6 Å². The van der Waals surface area contributed by atoms with Gasteiger partial charge in [-0.2, -0.15) is 4.31 Å².